The molecule has 0 radical (unpaired) electrons. The normalized spacial score (nSPS) is 13.2. The number of amides is 3. The Bertz CT molecular complexity index is 971. The van der Waals surface area contributed by atoms with Crippen LogP contribution in [0.2, 0.25) is 5.02 Å². The van der Waals surface area contributed by atoms with Crippen molar-refractivity contribution in [2.24, 2.45) is 0 Å². The number of nitrogens with one attached hydrogen (secondary N) is 3. The number of carbonyl (C=O) groups is 2. The smallest absolute Gasteiger partial charge is 0.324 e. The highest BCUT2D eigenvalue weighted by molar-refractivity contribution is 6.31. The zero-order valence-corrected chi connectivity index (χ0v) is 18.3. The van der Waals surface area contributed by atoms with Gasteiger partial charge in [0.25, 0.3) is 0 Å². The van der Waals surface area contributed by atoms with E-state index in [1.807, 2.05) is 6.07 Å². The largest absolute Gasteiger partial charge is 0.491 e. The number of nitrogens with zero attached hydrogens (tertiary/aromatic N) is 3. The van der Waals surface area contributed by atoms with E-state index in [-0.39, 0.29) is 5.91 Å². The molecule has 1 aliphatic heterocycles. The van der Waals surface area contributed by atoms with Gasteiger partial charge in [-0.15, -0.1) is 0 Å². The Morgan fingerprint density at radius 1 is 1.19 bits per heavy atom. The predicted octanol–water partition coefficient (Wildman–Crippen LogP) is 3.23. The molecule has 0 spiro atoms. The van der Waals surface area contributed by atoms with Gasteiger partial charge >= 0.3 is 6.03 Å². The predicted molar refractivity (Wildman–Crippen MR) is 122 cm³/mol. The highest BCUT2D eigenvalue weighted by Crippen LogP contribution is 2.28. The molecule has 3 rings (SSSR count). The zero-order chi connectivity index (χ0) is 22.8. The number of ether oxygens (including phenoxy) is 1. The third-order valence-corrected chi connectivity index (χ3v) is 5.03. The van der Waals surface area contributed by atoms with Crippen molar-refractivity contribution >= 4 is 35.0 Å². The van der Waals surface area contributed by atoms with Crippen molar-refractivity contribution in [1.82, 2.24) is 15.2 Å². The van der Waals surface area contributed by atoms with Crippen LogP contribution >= 0.6 is 11.6 Å². The van der Waals surface area contributed by atoms with E-state index in [9.17, 15) is 9.59 Å². The number of hydrogen-bond donors (Lipinski definition) is 3. The fourth-order valence-corrected chi connectivity index (χ4v) is 3.38. The lowest BCUT2D eigenvalue weighted by atomic mass is 10.3. The maximum absolute atomic E-state index is 12.3. The Kier molecular flexibility index (Phi) is 8.66. The SMILES string of the molecule is N#Cc1ccc(NC(=O)Nc2cc(Cl)ccc2OCCCNC(=O)CN2CCCC2)nc1. The molecular weight excluding hydrogens is 432 g/mol. The summed E-state index contributed by atoms with van der Waals surface area (Å²) >= 11 is 6.06. The standard InChI is InChI=1S/C22H25ClN6O3/c23-17-5-6-19(32-11-3-8-25-21(30)15-29-9-1-2-10-29)18(12-17)27-22(31)28-20-7-4-16(13-24)14-26-20/h4-7,12,14H,1-3,8-11,15H2,(H,25,30)(H2,26,27,28,31). The fraction of sp³-hybridized carbons (Fsp3) is 0.364. The van der Waals surface area contributed by atoms with Crippen molar-refractivity contribution in [3.8, 4) is 11.8 Å². The van der Waals surface area contributed by atoms with Crippen LogP contribution in [0, 0.1) is 11.3 Å². The van der Waals surface area contributed by atoms with Gasteiger partial charge in [0.2, 0.25) is 5.91 Å². The second-order valence-electron chi connectivity index (χ2n) is 7.30. The van der Waals surface area contributed by atoms with Crippen LogP contribution in [0.25, 0.3) is 0 Å². The van der Waals surface area contributed by atoms with Gasteiger partial charge in [-0.3, -0.25) is 15.0 Å². The van der Waals surface area contributed by atoms with Crippen molar-refractivity contribution < 1.29 is 14.3 Å². The van der Waals surface area contributed by atoms with Crippen LogP contribution in [-0.4, -0.2) is 54.6 Å². The maximum Gasteiger partial charge on any atom is 0.324 e. The summed E-state index contributed by atoms with van der Waals surface area (Å²) in [5.74, 6) is 0.783. The van der Waals surface area contributed by atoms with Crippen LogP contribution in [0.4, 0.5) is 16.3 Å². The summed E-state index contributed by atoms with van der Waals surface area (Å²) in [4.78, 5) is 30.4. The minimum absolute atomic E-state index is 0.0221. The van der Waals surface area contributed by atoms with Gasteiger partial charge in [0.1, 0.15) is 17.6 Å². The monoisotopic (exact) mass is 456 g/mol. The Labute approximate surface area is 191 Å². The molecule has 0 unspecified atom stereocenters. The Morgan fingerprint density at radius 3 is 2.72 bits per heavy atom. The summed E-state index contributed by atoms with van der Waals surface area (Å²) in [5.41, 5.74) is 0.801. The Morgan fingerprint density at radius 2 is 2.00 bits per heavy atom. The first kappa shape index (κ1) is 23.3. The Hall–Kier alpha value is -3.35. The molecule has 0 bridgehead atoms. The number of urea groups is 1. The molecule has 2 aromatic rings. The van der Waals surface area contributed by atoms with Gasteiger partial charge in [-0.2, -0.15) is 5.26 Å². The molecule has 1 aliphatic rings. The molecule has 32 heavy (non-hydrogen) atoms. The molecule has 2 heterocycles. The van der Waals surface area contributed by atoms with Crippen LogP contribution in [0.3, 0.4) is 0 Å². The molecule has 1 aromatic heterocycles. The first-order valence-electron chi connectivity index (χ1n) is 10.4. The third kappa shape index (κ3) is 7.41. The molecule has 10 heteroatoms. The molecule has 0 atom stereocenters. The summed E-state index contributed by atoms with van der Waals surface area (Å²) in [7, 11) is 0. The number of hydrogen-bond acceptors (Lipinski definition) is 6. The van der Waals surface area contributed by atoms with Gasteiger partial charge in [-0.05, 0) is 62.7 Å². The first-order chi connectivity index (χ1) is 15.5. The number of anilines is 2. The summed E-state index contributed by atoms with van der Waals surface area (Å²) in [6, 6.07) is 9.45. The molecule has 168 valence electrons. The number of aromatic nitrogens is 1. The molecule has 0 saturated carbocycles. The van der Waals surface area contributed by atoms with E-state index >= 15 is 0 Å². The lowest BCUT2D eigenvalue weighted by molar-refractivity contribution is -0.122. The van der Waals surface area contributed by atoms with Crippen molar-refractivity contribution in [3.05, 3.63) is 47.1 Å². The summed E-state index contributed by atoms with van der Waals surface area (Å²) in [5, 5.41) is 17.4. The maximum atomic E-state index is 12.3. The molecule has 0 aliphatic carbocycles. The van der Waals surface area contributed by atoms with Crippen LogP contribution in [0.5, 0.6) is 5.75 Å². The van der Waals surface area contributed by atoms with Gasteiger partial charge in [-0.25, -0.2) is 9.78 Å². The molecule has 1 aromatic carbocycles. The molecule has 9 nitrogen and oxygen atoms in total. The van der Waals surface area contributed by atoms with Gasteiger partial charge in [0.15, 0.2) is 0 Å². The highest BCUT2D eigenvalue weighted by Gasteiger charge is 2.14. The van der Waals surface area contributed by atoms with Crippen molar-refractivity contribution in [2.45, 2.75) is 19.3 Å². The van der Waals surface area contributed by atoms with Crippen LogP contribution in [0.1, 0.15) is 24.8 Å². The molecule has 1 fully saturated rings. The van der Waals surface area contributed by atoms with E-state index in [1.54, 1.807) is 24.3 Å². The number of nitriles is 1. The zero-order valence-electron chi connectivity index (χ0n) is 17.6. The topological polar surface area (TPSA) is 119 Å². The molecule has 1 saturated heterocycles. The van der Waals surface area contributed by atoms with Gasteiger partial charge in [0, 0.05) is 17.8 Å². The van der Waals surface area contributed by atoms with Crippen LogP contribution < -0.4 is 20.7 Å². The minimum atomic E-state index is -0.525. The number of pyridine rings is 1. The van der Waals surface area contributed by atoms with Gasteiger partial charge in [0.05, 0.1) is 24.4 Å². The second kappa shape index (κ2) is 11.9. The second-order valence-corrected chi connectivity index (χ2v) is 7.74. The van der Waals surface area contributed by atoms with E-state index in [4.69, 9.17) is 21.6 Å². The Balaban J connectivity index is 1.44. The van der Waals surface area contributed by atoms with Gasteiger partial charge in [-0.1, -0.05) is 11.6 Å². The van der Waals surface area contributed by atoms with E-state index in [0.29, 0.717) is 54.0 Å². The van der Waals surface area contributed by atoms with E-state index in [2.05, 4.69) is 25.8 Å². The molecule has 3 N–H and O–H groups in total. The number of benzene rings is 1. The molecule has 3 amide bonds. The number of likely N-dealkylation sites (tertiary alicyclic amines) is 1. The third-order valence-electron chi connectivity index (χ3n) is 4.79. The quantitative estimate of drug-likeness (QED) is 0.498. The lowest BCUT2D eigenvalue weighted by Crippen LogP contribution is -2.36. The van der Waals surface area contributed by atoms with E-state index in [0.717, 1.165) is 25.9 Å². The van der Waals surface area contributed by atoms with Crippen molar-refractivity contribution in [1.29, 1.82) is 5.26 Å². The van der Waals surface area contributed by atoms with E-state index in [1.165, 1.54) is 12.3 Å². The van der Waals surface area contributed by atoms with Gasteiger partial charge < -0.3 is 15.4 Å². The number of halogens is 1. The first-order valence-corrected chi connectivity index (χ1v) is 10.8. The summed E-state index contributed by atoms with van der Waals surface area (Å²) in [6.07, 6.45) is 4.30. The average Bonchev–Trinajstić information content (AvgIpc) is 3.28. The summed E-state index contributed by atoms with van der Waals surface area (Å²) in [6.45, 7) is 3.28. The fourth-order valence-electron chi connectivity index (χ4n) is 3.21. The van der Waals surface area contributed by atoms with E-state index < -0.39 is 6.03 Å². The highest BCUT2D eigenvalue weighted by atomic mass is 35.5. The minimum Gasteiger partial charge on any atom is -0.491 e. The lowest BCUT2D eigenvalue weighted by Gasteiger charge is -2.15. The average molecular weight is 457 g/mol. The van der Waals surface area contributed by atoms with Crippen LogP contribution in [-0.2, 0) is 4.79 Å². The number of rotatable bonds is 9. The van der Waals surface area contributed by atoms with Crippen molar-refractivity contribution in [2.75, 3.05) is 43.4 Å². The molecular formula is C22H25ClN6O3. The number of carbonyl (C=O) groups excluding carboxylic acids is 2. The summed E-state index contributed by atoms with van der Waals surface area (Å²) < 4.78 is 5.77. The van der Waals surface area contributed by atoms with Crippen LogP contribution in [0.15, 0.2) is 36.5 Å². The van der Waals surface area contributed by atoms with Crippen molar-refractivity contribution in [3.63, 3.8) is 0 Å².